The van der Waals surface area contributed by atoms with Crippen molar-refractivity contribution in [2.75, 3.05) is 26.2 Å². The smallest absolute Gasteiger partial charge is 0.268 e. The first-order valence-corrected chi connectivity index (χ1v) is 10.2. The van der Waals surface area contributed by atoms with Crippen LogP contribution in [0.2, 0.25) is 0 Å². The van der Waals surface area contributed by atoms with Gasteiger partial charge in [-0.1, -0.05) is 29.8 Å². The zero-order valence-corrected chi connectivity index (χ0v) is 16.0. The minimum absolute atomic E-state index is 0.0275. The Bertz CT molecular complexity index is 888. The van der Waals surface area contributed by atoms with E-state index in [1.807, 2.05) is 6.07 Å². The average molecular weight is 368 g/mol. The Morgan fingerprint density at radius 2 is 1.92 bits per heavy atom. The van der Waals surface area contributed by atoms with Crippen LogP contribution in [-0.4, -0.2) is 41.6 Å². The highest BCUT2D eigenvalue weighted by molar-refractivity contribution is 7.17. The van der Waals surface area contributed by atoms with E-state index >= 15 is 0 Å². The molecule has 3 aromatic rings. The van der Waals surface area contributed by atoms with Crippen molar-refractivity contribution in [3.05, 3.63) is 58.6 Å². The molecular weight excluding hydrogens is 342 g/mol. The van der Waals surface area contributed by atoms with Crippen LogP contribution in [0, 0.1) is 6.92 Å². The largest absolute Gasteiger partial charge is 0.349 e. The number of aromatic nitrogens is 1. The molecule has 0 atom stereocenters. The summed E-state index contributed by atoms with van der Waals surface area (Å²) in [6, 6.07) is 12.7. The van der Waals surface area contributed by atoms with Crippen molar-refractivity contribution >= 4 is 27.5 Å². The first-order valence-electron chi connectivity index (χ1n) is 9.33. The first kappa shape index (κ1) is 17.3. The lowest BCUT2D eigenvalue weighted by Crippen LogP contribution is -2.34. The van der Waals surface area contributed by atoms with Gasteiger partial charge in [-0.2, -0.15) is 0 Å². The highest BCUT2D eigenvalue weighted by Crippen LogP contribution is 2.26. The van der Waals surface area contributed by atoms with Gasteiger partial charge in [0, 0.05) is 19.6 Å². The Hall–Kier alpha value is -2.11. The number of hydrogen-bond donors (Lipinski definition) is 1. The summed E-state index contributed by atoms with van der Waals surface area (Å²) < 4.78 is 3.31. The van der Waals surface area contributed by atoms with E-state index in [2.05, 4.69) is 57.4 Å². The molecule has 4 nitrogen and oxygen atoms in total. The number of likely N-dealkylation sites (tertiary alicyclic amines) is 1. The van der Waals surface area contributed by atoms with Gasteiger partial charge in [-0.05, 0) is 55.9 Å². The second-order valence-corrected chi connectivity index (χ2v) is 8.02. The van der Waals surface area contributed by atoms with E-state index in [0.29, 0.717) is 6.54 Å². The van der Waals surface area contributed by atoms with E-state index in [1.54, 1.807) is 11.3 Å². The lowest BCUT2D eigenvalue weighted by Gasteiger charge is -2.15. The Morgan fingerprint density at radius 1 is 1.15 bits per heavy atom. The molecule has 1 amide bonds. The zero-order valence-electron chi connectivity index (χ0n) is 15.2. The molecule has 0 radical (unpaired) electrons. The molecule has 0 spiro atoms. The standard InChI is InChI=1S/C21H25N3OS/c1-16-4-6-17(7-5-16)15-24-18-8-13-26-20(18)14-19(24)21(25)22-9-12-23-10-2-3-11-23/h4-8,13-14H,2-3,9-12,15H2,1H3,(H,22,25). The fraction of sp³-hybridized carbons (Fsp3) is 0.381. The summed E-state index contributed by atoms with van der Waals surface area (Å²) in [6.07, 6.45) is 2.56. The van der Waals surface area contributed by atoms with Crippen molar-refractivity contribution < 1.29 is 4.79 Å². The molecule has 0 unspecified atom stereocenters. The minimum atomic E-state index is 0.0275. The van der Waals surface area contributed by atoms with Gasteiger partial charge in [0.25, 0.3) is 5.91 Å². The summed E-state index contributed by atoms with van der Waals surface area (Å²) in [7, 11) is 0. The summed E-state index contributed by atoms with van der Waals surface area (Å²) in [5, 5.41) is 5.20. The number of fused-ring (bicyclic) bond motifs is 1. The summed E-state index contributed by atoms with van der Waals surface area (Å²) >= 11 is 1.69. The van der Waals surface area contributed by atoms with Crippen LogP contribution in [0.25, 0.3) is 10.2 Å². The minimum Gasteiger partial charge on any atom is -0.349 e. The Labute approximate surface area is 158 Å². The quantitative estimate of drug-likeness (QED) is 0.718. The lowest BCUT2D eigenvalue weighted by molar-refractivity contribution is 0.0941. The highest BCUT2D eigenvalue weighted by atomic mass is 32.1. The van der Waals surface area contributed by atoms with Gasteiger partial charge in [0.1, 0.15) is 5.69 Å². The van der Waals surface area contributed by atoms with Gasteiger partial charge in [0.05, 0.1) is 10.2 Å². The molecule has 136 valence electrons. The van der Waals surface area contributed by atoms with Crippen LogP contribution < -0.4 is 5.32 Å². The molecule has 5 heteroatoms. The van der Waals surface area contributed by atoms with Gasteiger partial charge >= 0.3 is 0 Å². The molecule has 1 aliphatic heterocycles. The molecule has 1 aromatic carbocycles. The van der Waals surface area contributed by atoms with E-state index in [0.717, 1.165) is 37.4 Å². The number of benzene rings is 1. The van der Waals surface area contributed by atoms with Gasteiger partial charge in [-0.25, -0.2) is 0 Å². The van der Waals surface area contributed by atoms with Crippen LogP contribution in [0.15, 0.2) is 41.8 Å². The Morgan fingerprint density at radius 3 is 2.69 bits per heavy atom. The zero-order chi connectivity index (χ0) is 17.9. The highest BCUT2D eigenvalue weighted by Gasteiger charge is 2.17. The van der Waals surface area contributed by atoms with Crippen molar-refractivity contribution in [2.45, 2.75) is 26.3 Å². The third-order valence-corrected chi connectivity index (χ3v) is 5.98. The summed E-state index contributed by atoms with van der Waals surface area (Å²) in [5.74, 6) is 0.0275. The van der Waals surface area contributed by atoms with Crippen molar-refractivity contribution in [3.8, 4) is 0 Å². The van der Waals surface area contributed by atoms with Crippen LogP contribution >= 0.6 is 11.3 Å². The molecule has 3 heterocycles. The van der Waals surface area contributed by atoms with E-state index in [9.17, 15) is 4.79 Å². The number of hydrogen-bond acceptors (Lipinski definition) is 3. The number of amides is 1. The number of carbonyl (C=O) groups is 1. The Kier molecular flexibility index (Phi) is 5.09. The summed E-state index contributed by atoms with van der Waals surface area (Å²) in [5.41, 5.74) is 4.36. The van der Waals surface area contributed by atoms with E-state index in [1.165, 1.54) is 28.7 Å². The SMILES string of the molecule is Cc1ccc(Cn2c(C(=O)NCCN3CCCC3)cc3sccc32)cc1. The molecule has 1 fully saturated rings. The van der Waals surface area contributed by atoms with Crippen LogP contribution in [0.3, 0.4) is 0 Å². The molecule has 0 saturated carbocycles. The molecule has 1 saturated heterocycles. The first-order chi connectivity index (χ1) is 12.7. The lowest BCUT2D eigenvalue weighted by atomic mass is 10.1. The van der Waals surface area contributed by atoms with Crippen LogP contribution in [-0.2, 0) is 6.54 Å². The molecule has 0 bridgehead atoms. The fourth-order valence-electron chi connectivity index (χ4n) is 3.64. The van der Waals surface area contributed by atoms with E-state index in [-0.39, 0.29) is 5.91 Å². The second kappa shape index (κ2) is 7.64. The molecule has 2 aromatic heterocycles. The van der Waals surface area contributed by atoms with Crippen LogP contribution in [0.1, 0.15) is 34.5 Å². The number of aryl methyl sites for hydroxylation is 1. The molecule has 26 heavy (non-hydrogen) atoms. The third-order valence-electron chi connectivity index (χ3n) is 5.13. The monoisotopic (exact) mass is 367 g/mol. The molecule has 4 rings (SSSR count). The van der Waals surface area contributed by atoms with Gasteiger partial charge in [0.15, 0.2) is 0 Å². The predicted octanol–water partition coefficient (Wildman–Crippen LogP) is 3.89. The average Bonchev–Trinajstić information content (AvgIpc) is 3.35. The molecule has 0 aliphatic carbocycles. The van der Waals surface area contributed by atoms with E-state index < -0.39 is 0 Å². The summed E-state index contributed by atoms with van der Waals surface area (Å²) in [6.45, 7) is 6.79. The maximum Gasteiger partial charge on any atom is 0.268 e. The van der Waals surface area contributed by atoms with E-state index in [4.69, 9.17) is 0 Å². The fourth-order valence-corrected chi connectivity index (χ4v) is 4.46. The molecule has 1 aliphatic rings. The predicted molar refractivity (Wildman–Crippen MR) is 108 cm³/mol. The maximum absolute atomic E-state index is 12.8. The number of rotatable bonds is 6. The van der Waals surface area contributed by atoms with Crippen molar-refractivity contribution in [3.63, 3.8) is 0 Å². The number of carbonyl (C=O) groups excluding carboxylic acids is 1. The maximum atomic E-state index is 12.8. The van der Waals surface area contributed by atoms with Gasteiger partial charge in [-0.15, -0.1) is 11.3 Å². The number of nitrogens with zero attached hydrogens (tertiary/aromatic N) is 2. The number of nitrogens with one attached hydrogen (secondary N) is 1. The third kappa shape index (κ3) is 3.69. The van der Waals surface area contributed by atoms with Crippen LogP contribution in [0.5, 0.6) is 0 Å². The van der Waals surface area contributed by atoms with Gasteiger partial charge in [-0.3, -0.25) is 4.79 Å². The van der Waals surface area contributed by atoms with Crippen molar-refractivity contribution in [1.82, 2.24) is 14.8 Å². The molecule has 1 N–H and O–H groups in total. The normalized spacial score (nSPS) is 15.0. The Balaban J connectivity index is 1.51. The second-order valence-electron chi connectivity index (χ2n) is 7.08. The number of thiophene rings is 1. The van der Waals surface area contributed by atoms with Crippen molar-refractivity contribution in [1.29, 1.82) is 0 Å². The topological polar surface area (TPSA) is 37.3 Å². The van der Waals surface area contributed by atoms with Gasteiger partial charge < -0.3 is 14.8 Å². The van der Waals surface area contributed by atoms with Crippen LogP contribution in [0.4, 0.5) is 0 Å². The summed E-state index contributed by atoms with van der Waals surface area (Å²) in [4.78, 5) is 15.2. The van der Waals surface area contributed by atoms with Crippen molar-refractivity contribution in [2.24, 2.45) is 0 Å². The molecular formula is C21H25N3OS. The van der Waals surface area contributed by atoms with Gasteiger partial charge in [0.2, 0.25) is 0 Å².